The monoisotopic (exact) mass is 428 g/mol. The molecular weight excluding hydrogens is 388 g/mol. The molecule has 174 valence electrons. The Kier molecular flexibility index (Phi) is 11.4. The summed E-state index contributed by atoms with van der Waals surface area (Å²) in [7, 11) is 0. The van der Waals surface area contributed by atoms with Gasteiger partial charge in [-0.1, -0.05) is 27.7 Å². The fraction of sp³-hybridized carbons (Fsp3) is 0.810. The highest BCUT2D eigenvalue weighted by molar-refractivity contribution is 5.93. The van der Waals surface area contributed by atoms with E-state index in [1.807, 2.05) is 27.7 Å². The standard InChI is InChI=1S/C21H40N4O5/c1-10-22-19(28)16(13(4)5)25-17(26)14(6)23-18(27)15(11-12(2)3)24-20(29)30-21(7,8)9/h12-16H,10-11H2,1-9H3,(H,22,28)(H,23,27)(H,24,29)(H,25,26)/t14-,15-,16-/m0/s1. The normalized spacial score (nSPS) is 14.5. The van der Waals surface area contributed by atoms with Gasteiger partial charge in [-0.15, -0.1) is 0 Å². The average Bonchev–Trinajstić information content (AvgIpc) is 2.56. The summed E-state index contributed by atoms with van der Waals surface area (Å²) in [6.45, 7) is 16.5. The Balaban J connectivity index is 5.09. The fourth-order valence-corrected chi connectivity index (χ4v) is 2.63. The van der Waals surface area contributed by atoms with Crippen LogP contribution in [-0.2, 0) is 19.1 Å². The molecule has 0 aromatic heterocycles. The molecule has 0 unspecified atom stereocenters. The van der Waals surface area contributed by atoms with Crippen LogP contribution in [0.2, 0.25) is 0 Å². The van der Waals surface area contributed by atoms with Gasteiger partial charge in [0.2, 0.25) is 17.7 Å². The van der Waals surface area contributed by atoms with E-state index < -0.39 is 41.6 Å². The SMILES string of the molecule is CCNC(=O)[C@@H](NC(=O)[C@H](C)NC(=O)[C@H](CC(C)C)NC(=O)OC(C)(C)C)C(C)C. The van der Waals surface area contributed by atoms with E-state index in [2.05, 4.69) is 21.3 Å². The lowest BCUT2D eigenvalue weighted by atomic mass is 10.0. The molecule has 0 aromatic rings. The summed E-state index contributed by atoms with van der Waals surface area (Å²) in [4.78, 5) is 49.5. The summed E-state index contributed by atoms with van der Waals surface area (Å²) in [6.07, 6.45) is -0.316. The predicted octanol–water partition coefficient (Wildman–Crippen LogP) is 1.71. The third-order valence-electron chi connectivity index (χ3n) is 4.06. The van der Waals surface area contributed by atoms with Gasteiger partial charge in [-0.25, -0.2) is 4.79 Å². The number of ether oxygens (including phenoxy) is 1. The minimum Gasteiger partial charge on any atom is -0.444 e. The Bertz CT molecular complexity index is 599. The van der Waals surface area contributed by atoms with E-state index in [9.17, 15) is 19.2 Å². The highest BCUT2D eigenvalue weighted by Crippen LogP contribution is 2.10. The molecule has 4 N–H and O–H groups in total. The van der Waals surface area contributed by atoms with Crippen molar-refractivity contribution in [3.05, 3.63) is 0 Å². The van der Waals surface area contributed by atoms with Crippen LogP contribution in [0.3, 0.4) is 0 Å². The molecule has 0 saturated carbocycles. The van der Waals surface area contributed by atoms with Crippen LogP contribution < -0.4 is 21.3 Å². The Morgan fingerprint density at radius 3 is 1.83 bits per heavy atom. The molecule has 0 radical (unpaired) electrons. The molecular formula is C21H40N4O5. The van der Waals surface area contributed by atoms with E-state index in [-0.39, 0.29) is 17.7 Å². The van der Waals surface area contributed by atoms with Crippen molar-refractivity contribution in [1.29, 1.82) is 0 Å². The third-order valence-corrected chi connectivity index (χ3v) is 4.06. The molecule has 0 heterocycles. The molecule has 0 aliphatic heterocycles. The first-order valence-corrected chi connectivity index (χ1v) is 10.6. The Hall–Kier alpha value is -2.32. The fourth-order valence-electron chi connectivity index (χ4n) is 2.63. The number of amides is 4. The van der Waals surface area contributed by atoms with Crippen molar-refractivity contribution in [2.75, 3.05) is 6.54 Å². The van der Waals surface area contributed by atoms with E-state index >= 15 is 0 Å². The van der Waals surface area contributed by atoms with Gasteiger partial charge in [0, 0.05) is 6.54 Å². The second-order valence-electron chi connectivity index (χ2n) is 9.18. The molecule has 0 bridgehead atoms. The highest BCUT2D eigenvalue weighted by atomic mass is 16.6. The van der Waals surface area contributed by atoms with Crippen LogP contribution in [0.15, 0.2) is 0 Å². The van der Waals surface area contributed by atoms with Gasteiger partial charge >= 0.3 is 6.09 Å². The average molecular weight is 429 g/mol. The van der Waals surface area contributed by atoms with Gasteiger partial charge in [-0.05, 0) is 52.9 Å². The highest BCUT2D eigenvalue weighted by Gasteiger charge is 2.29. The van der Waals surface area contributed by atoms with Crippen molar-refractivity contribution in [2.24, 2.45) is 11.8 Å². The molecule has 0 spiro atoms. The number of hydrogen-bond acceptors (Lipinski definition) is 5. The molecule has 4 amide bonds. The summed E-state index contributed by atoms with van der Waals surface area (Å²) in [5, 5.41) is 10.6. The molecule has 0 rings (SSSR count). The van der Waals surface area contributed by atoms with Gasteiger partial charge in [0.05, 0.1) is 0 Å². The third kappa shape index (κ3) is 11.0. The van der Waals surface area contributed by atoms with Crippen molar-refractivity contribution >= 4 is 23.8 Å². The molecule has 0 aliphatic rings. The Morgan fingerprint density at radius 2 is 1.40 bits per heavy atom. The van der Waals surface area contributed by atoms with Crippen LogP contribution in [0.5, 0.6) is 0 Å². The van der Waals surface area contributed by atoms with Gasteiger partial charge in [0.1, 0.15) is 23.7 Å². The van der Waals surface area contributed by atoms with Crippen LogP contribution in [-0.4, -0.2) is 54.1 Å². The lowest BCUT2D eigenvalue weighted by Crippen LogP contribution is -2.57. The van der Waals surface area contributed by atoms with Crippen LogP contribution in [0.1, 0.15) is 68.7 Å². The lowest BCUT2D eigenvalue weighted by molar-refractivity contribution is -0.133. The molecule has 3 atom stereocenters. The smallest absolute Gasteiger partial charge is 0.408 e. The summed E-state index contributed by atoms with van der Waals surface area (Å²) in [5.74, 6) is -1.23. The summed E-state index contributed by atoms with van der Waals surface area (Å²) >= 11 is 0. The largest absolute Gasteiger partial charge is 0.444 e. The van der Waals surface area contributed by atoms with Gasteiger partial charge in [-0.3, -0.25) is 14.4 Å². The topological polar surface area (TPSA) is 126 Å². The number of likely N-dealkylation sites (N-methyl/N-ethyl adjacent to an activating group) is 1. The van der Waals surface area contributed by atoms with Crippen molar-refractivity contribution in [3.63, 3.8) is 0 Å². The predicted molar refractivity (Wildman–Crippen MR) is 116 cm³/mol. The molecule has 30 heavy (non-hydrogen) atoms. The summed E-state index contributed by atoms with van der Waals surface area (Å²) < 4.78 is 5.23. The van der Waals surface area contributed by atoms with E-state index in [0.29, 0.717) is 13.0 Å². The molecule has 0 fully saturated rings. The minimum absolute atomic E-state index is 0.120. The first-order chi connectivity index (χ1) is 13.7. The Morgan fingerprint density at radius 1 is 0.833 bits per heavy atom. The van der Waals surface area contributed by atoms with E-state index in [1.165, 1.54) is 6.92 Å². The van der Waals surface area contributed by atoms with Gasteiger partial charge < -0.3 is 26.0 Å². The maximum Gasteiger partial charge on any atom is 0.408 e. The quantitative estimate of drug-likeness (QED) is 0.421. The summed E-state index contributed by atoms with van der Waals surface area (Å²) in [6, 6.07) is -2.44. The lowest BCUT2D eigenvalue weighted by Gasteiger charge is -2.26. The van der Waals surface area contributed by atoms with Crippen molar-refractivity contribution in [2.45, 2.75) is 92.5 Å². The van der Waals surface area contributed by atoms with E-state index in [1.54, 1.807) is 27.7 Å². The number of nitrogens with one attached hydrogen (secondary N) is 4. The first-order valence-electron chi connectivity index (χ1n) is 10.6. The zero-order valence-corrected chi connectivity index (χ0v) is 19.8. The summed E-state index contributed by atoms with van der Waals surface area (Å²) in [5.41, 5.74) is -0.693. The van der Waals surface area contributed by atoms with Gasteiger partial charge in [0.15, 0.2) is 0 Å². The second-order valence-corrected chi connectivity index (χ2v) is 9.18. The maximum atomic E-state index is 12.7. The van der Waals surface area contributed by atoms with Gasteiger partial charge in [-0.2, -0.15) is 0 Å². The number of hydrogen-bond donors (Lipinski definition) is 4. The number of alkyl carbamates (subject to hydrolysis) is 1. The van der Waals surface area contributed by atoms with Crippen molar-refractivity contribution < 1.29 is 23.9 Å². The van der Waals surface area contributed by atoms with E-state index in [4.69, 9.17) is 4.74 Å². The van der Waals surface area contributed by atoms with Crippen LogP contribution in [0, 0.1) is 11.8 Å². The molecule has 0 aliphatic carbocycles. The van der Waals surface area contributed by atoms with Crippen LogP contribution in [0.25, 0.3) is 0 Å². The Labute approximate surface area is 180 Å². The molecule has 9 heteroatoms. The van der Waals surface area contributed by atoms with Crippen LogP contribution in [0.4, 0.5) is 4.79 Å². The zero-order valence-electron chi connectivity index (χ0n) is 19.8. The van der Waals surface area contributed by atoms with Gasteiger partial charge in [0.25, 0.3) is 0 Å². The number of carbonyl (C=O) groups is 4. The molecule has 9 nitrogen and oxygen atoms in total. The second kappa shape index (κ2) is 12.4. The van der Waals surface area contributed by atoms with Crippen LogP contribution >= 0.6 is 0 Å². The maximum absolute atomic E-state index is 12.7. The number of carbonyl (C=O) groups excluding carboxylic acids is 4. The zero-order chi connectivity index (χ0) is 23.6. The number of rotatable bonds is 10. The first kappa shape index (κ1) is 27.7. The van der Waals surface area contributed by atoms with Crippen molar-refractivity contribution in [1.82, 2.24) is 21.3 Å². The van der Waals surface area contributed by atoms with Crippen molar-refractivity contribution in [3.8, 4) is 0 Å². The van der Waals surface area contributed by atoms with E-state index in [0.717, 1.165) is 0 Å². The molecule has 0 aromatic carbocycles. The minimum atomic E-state index is -0.886. The molecule has 0 saturated heterocycles.